The first-order chi connectivity index (χ1) is 12.5. The van der Waals surface area contributed by atoms with E-state index in [2.05, 4.69) is 34.4 Å². The van der Waals surface area contributed by atoms with Gasteiger partial charge < -0.3 is 15.0 Å². The summed E-state index contributed by atoms with van der Waals surface area (Å²) < 4.78 is 6.80. The van der Waals surface area contributed by atoms with Crippen LogP contribution in [-0.2, 0) is 7.05 Å². The highest BCUT2D eigenvalue weighted by molar-refractivity contribution is 6.33. The Morgan fingerprint density at radius 2 is 2.08 bits per heavy atom. The molecule has 3 rings (SSSR count). The molecule has 2 heterocycles. The fourth-order valence-corrected chi connectivity index (χ4v) is 3.83. The van der Waals surface area contributed by atoms with Crippen LogP contribution in [0.4, 0.5) is 0 Å². The van der Waals surface area contributed by atoms with Crippen LogP contribution in [0.15, 0.2) is 30.5 Å². The van der Waals surface area contributed by atoms with Crippen LogP contribution in [0, 0.1) is 0 Å². The summed E-state index contributed by atoms with van der Waals surface area (Å²) >= 11 is 6.12. The van der Waals surface area contributed by atoms with Crippen molar-refractivity contribution in [1.82, 2.24) is 20.0 Å². The van der Waals surface area contributed by atoms with Crippen molar-refractivity contribution in [3.8, 4) is 5.75 Å². The first-order valence-electron chi connectivity index (χ1n) is 8.88. The van der Waals surface area contributed by atoms with Gasteiger partial charge in [-0.05, 0) is 30.7 Å². The third-order valence-corrected chi connectivity index (χ3v) is 5.07. The molecule has 1 saturated heterocycles. The molecule has 1 aliphatic rings. The van der Waals surface area contributed by atoms with Gasteiger partial charge in [-0.3, -0.25) is 9.48 Å². The van der Waals surface area contributed by atoms with Crippen molar-refractivity contribution in [2.45, 2.75) is 25.3 Å². The summed E-state index contributed by atoms with van der Waals surface area (Å²) in [6, 6.07) is 8.09. The van der Waals surface area contributed by atoms with E-state index in [-0.39, 0.29) is 23.6 Å². The second-order valence-electron chi connectivity index (χ2n) is 6.72. The minimum Gasteiger partial charge on any atom is -0.497 e. The van der Waals surface area contributed by atoms with Gasteiger partial charge in [0.1, 0.15) is 5.75 Å². The van der Waals surface area contributed by atoms with Crippen molar-refractivity contribution in [1.29, 1.82) is 0 Å². The van der Waals surface area contributed by atoms with Crippen molar-refractivity contribution < 1.29 is 9.53 Å². The molecule has 1 aromatic carbocycles. The summed E-state index contributed by atoms with van der Waals surface area (Å²) in [6.45, 7) is 4.92. The number of methoxy groups -OCH3 is 1. The topological polar surface area (TPSA) is 59.4 Å². The van der Waals surface area contributed by atoms with E-state index in [4.69, 9.17) is 16.3 Å². The summed E-state index contributed by atoms with van der Waals surface area (Å²) in [5.41, 5.74) is 1.47. The number of aryl methyl sites for hydroxylation is 1. The van der Waals surface area contributed by atoms with Gasteiger partial charge in [-0.1, -0.05) is 30.7 Å². The number of hydrogen-bond donors (Lipinski definition) is 1. The second-order valence-corrected chi connectivity index (χ2v) is 7.13. The van der Waals surface area contributed by atoms with E-state index in [1.807, 2.05) is 12.1 Å². The predicted octanol–water partition coefficient (Wildman–Crippen LogP) is 2.69. The summed E-state index contributed by atoms with van der Waals surface area (Å²) in [7, 11) is 3.41. The molecule has 6 nitrogen and oxygen atoms in total. The van der Waals surface area contributed by atoms with Crippen molar-refractivity contribution in [2.75, 3.05) is 26.7 Å². The molecule has 2 atom stereocenters. The summed E-state index contributed by atoms with van der Waals surface area (Å²) in [5.74, 6) is 0.828. The fourth-order valence-electron chi connectivity index (χ4n) is 3.57. The van der Waals surface area contributed by atoms with E-state index in [0.29, 0.717) is 5.02 Å². The van der Waals surface area contributed by atoms with Gasteiger partial charge in [0.15, 0.2) is 5.69 Å². The van der Waals surface area contributed by atoms with Gasteiger partial charge in [0.25, 0.3) is 5.91 Å². The van der Waals surface area contributed by atoms with E-state index >= 15 is 0 Å². The van der Waals surface area contributed by atoms with Gasteiger partial charge in [0.05, 0.1) is 12.1 Å². The Hall–Kier alpha value is -2.05. The second kappa shape index (κ2) is 8.10. The highest BCUT2D eigenvalue weighted by atomic mass is 35.5. The number of carbonyl (C=O) groups excluding carboxylic acids is 1. The zero-order valence-corrected chi connectivity index (χ0v) is 16.2. The van der Waals surface area contributed by atoms with Gasteiger partial charge in [-0.15, -0.1) is 0 Å². The average molecular weight is 377 g/mol. The smallest absolute Gasteiger partial charge is 0.273 e. The van der Waals surface area contributed by atoms with Gasteiger partial charge in [-0.2, -0.15) is 5.10 Å². The predicted molar refractivity (Wildman–Crippen MR) is 102 cm³/mol. The molecule has 0 unspecified atom stereocenters. The lowest BCUT2D eigenvalue weighted by Gasteiger charge is -2.20. The molecule has 26 heavy (non-hydrogen) atoms. The van der Waals surface area contributed by atoms with Gasteiger partial charge in [0.2, 0.25) is 0 Å². The molecule has 1 aliphatic heterocycles. The maximum absolute atomic E-state index is 12.7. The maximum atomic E-state index is 12.7. The Bertz CT molecular complexity index is 759. The average Bonchev–Trinajstić information content (AvgIpc) is 3.17. The molecule has 0 aliphatic carbocycles. The zero-order chi connectivity index (χ0) is 18.7. The molecule has 1 amide bonds. The number of nitrogens with one attached hydrogen (secondary N) is 1. The Labute approximate surface area is 159 Å². The Morgan fingerprint density at radius 1 is 1.35 bits per heavy atom. The number of carbonyl (C=O) groups is 1. The minimum atomic E-state index is -0.225. The molecule has 0 radical (unpaired) electrons. The number of aromatic nitrogens is 2. The van der Waals surface area contributed by atoms with Crippen LogP contribution >= 0.6 is 11.6 Å². The van der Waals surface area contributed by atoms with Crippen LogP contribution in [0.25, 0.3) is 0 Å². The monoisotopic (exact) mass is 376 g/mol. The third kappa shape index (κ3) is 4.02. The molecule has 1 fully saturated rings. The maximum Gasteiger partial charge on any atom is 0.273 e. The number of benzene rings is 1. The highest BCUT2D eigenvalue weighted by Gasteiger charge is 2.35. The number of amides is 1. The SMILES string of the molecule is CCCN1C[C@H](NC(=O)c2nn(C)cc2Cl)[C@@H](c2ccc(OC)cc2)C1. The normalized spacial score (nSPS) is 20.3. The summed E-state index contributed by atoms with van der Waals surface area (Å²) in [5, 5.41) is 7.68. The number of rotatable bonds is 6. The molecule has 0 saturated carbocycles. The molecule has 0 spiro atoms. The van der Waals surface area contributed by atoms with Crippen LogP contribution in [0.5, 0.6) is 5.75 Å². The molecule has 2 aromatic rings. The number of ether oxygens (including phenoxy) is 1. The van der Waals surface area contributed by atoms with Gasteiger partial charge >= 0.3 is 0 Å². The van der Waals surface area contributed by atoms with Crippen LogP contribution in [0.1, 0.15) is 35.3 Å². The number of likely N-dealkylation sites (tertiary alicyclic amines) is 1. The van der Waals surface area contributed by atoms with E-state index in [9.17, 15) is 4.79 Å². The van der Waals surface area contributed by atoms with Gasteiger partial charge in [-0.25, -0.2) is 0 Å². The van der Waals surface area contributed by atoms with Crippen molar-refractivity contribution in [3.63, 3.8) is 0 Å². The lowest BCUT2D eigenvalue weighted by molar-refractivity contribution is 0.0929. The van der Waals surface area contributed by atoms with Crippen LogP contribution in [0.2, 0.25) is 5.02 Å². The molecule has 1 N–H and O–H groups in total. The Kier molecular flexibility index (Phi) is 5.84. The van der Waals surface area contributed by atoms with Crippen LogP contribution < -0.4 is 10.1 Å². The molecular formula is C19H25ClN4O2. The lowest BCUT2D eigenvalue weighted by Crippen LogP contribution is -2.40. The first kappa shape index (κ1) is 18.7. The first-order valence-corrected chi connectivity index (χ1v) is 9.26. The van der Waals surface area contributed by atoms with Crippen LogP contribution in [-0.4, -0.2) is 53.4 Å². The summed E-state index contributed by atoms with van der Waals surface area (Å²) in [4.78, 5) is 15.1. The standard InChI is InChI=1S/C19H25ClN4O2/c1-4-9-24-10-15(13-5-7-14(26-3)8-6-13)17(12-24)21-19(25)18-16(20)11-23(2)22-18/h5-8,11,15,17H,4,9-10,12H2,1-3H3,(H,21,25)/t15-,17+/m1/s1. The zero-order valence-electron chi connectivity index (χ0n) is 15.4. The van der Waals surface area contributed by atoms with E-state index in [1.54, 1.807) is 25.0 Å². The fraction of sp³-hybridized carbons (Fsp3) is 0.474. The molecular weight excluding hydrogens is 352 g/mol. The largest absolute Gasteiger partial charge is 0.497 e. The molecule has 0 bridgehead atoms. The Balaban J connectivity index is 1.79. The number of halogens is 1. The van der Waals surface area contributed by atoms with Gasteiger partial charge in [0, 0.05) is 38.3 Å². The summed E-state index contributed by atoms with van der Waals surface area (Å²) in [6.07, 6.45) is 2.72. The molecule has 7 heteroatoms. The van der Waals surface area contributed by atoms with E-state index < -0.39 is 0 Å². The van der Waals surface area contributed by atoms with Crippen LogP contribution in [0.3, 0.4) is 0 Å². The van der Waals surface area contributed by atoms with E-state index in [0.717, 1.165) is 31.8 Å². The molecule has 140 valence electrons. The quantitative estimate of drug-likeness (QED) is 0.842. The van der Waals surface area contributed by atoms with E-state index in [1.165, 1.54) is 5.56 Å². The van der Waals surface area contributed by atoms with Crippen molar-refractivity contribution in [2.24, 2.45) is 7.05 Å². The Morgan fingerprint density at radius 3 is 2.65 bits per heavy atom. The number of nitrogens with zero attached hydrogens (tertiary/aromatic N) is 3. The highest BCUT2D eigenvalue weighted by Crippen LogP contribution is 2.29. The number of hydrogen-bond acceptors (Lipinski definition) is 4. The molecule has 1 aromatic heterocycles. The lowest BCUT2D eigenvalue weighted by atomic mass is 9.94. The van der Waals surface area contributed by atoms with Crippen molar-refractivity contribution >= 4 is 17.5 Å². The minimum absolute atomic E-state index is 0.0144. The van der Waals surface area contributed by atoms with Crippen molar-refractivity contribution in [3.05, 3.63) is 46.7 Å². The third-order valence-electron chi connectivity index (χ3n) is 4.79.